The lowest BCUT2D eigenvalue weighted by molar-refractivity contribution is -0.149. The number of aromatic hydroxyl groups is 1. The molecule has 2 fully saturated rings. The van der Waals surface area contributed by atoms with Gasteiger partial charge in [0.05, 0.1) is 12.6 Å². The van der Waals surface area contributed by atoms with E-state index in [2.05, 4.69) is 4.98 Å². The molecule has 2 aliphatic rings. The highest BCUT2D eigenvalue weighted by molar-refractivity contribution is 8.04. The summed E-state index contributed by atoms with van der Waals surface area (Å²) in [5.41, 5.74) is 3.76. The number of aromatic nitrogens is 1. The largest absolute Gasteiger partial charge is 0.508 e. The molecule has 12 heteroatoms. The molecule has 1 aromatic carbocycles. The van der Waals surface area contributed by atoms with Gasteiger partial charge in [-0.05, 0) is 42.7 Å². The fourth-order valence-corrected chi connectivity index (χ4v) is 6.18. The Hall–Kier alpha value is -3.64. The number of benzene rings is 1. The highest BCUT2D eigenvalue weighted by Crippen LogP contribution is 2.41. The molecule has 4 rings (SSSR count). The lowest BCUT2D eigenvalue weighted by atomic mass is 9.89. The van der Waals surface area contributed by atoms with E-state index in [1.807, 2.05) is 0 Å². The summed E-state index contributed by atoms with van der Waals surface area (Å²) >= 11 is 0. The number of nitrogens with two attached hydrogens (primary N) is 1. The molecule has 0 spiro atoms. The molecule has 0 saturated carbocycles. The topological polar surface area (TPSA) is 168 Å². The van der Waals surface area contributed by atoms with Crippen LogP contribution in [0.1, 0.15) is 28.9 Å². The number of sulfonamides is 1. The van der Waals surface area contributed by atoms with Gasteiger partial charge < -0.3 is 15.7 Å². The van der Waals surface area contributed by atoms with Gasteiger partial charge in [0.1, 0.15) is 11.4 Å². The minimum Gasteiger partial charge on any atom is -0.508 e. The Morgan fingerprint density at radius 2 is 1.94 bits per heavy atom. The average Bonchev–Trinajstić information content (AvgIpc) is 3.35. The van der Waals surface area contributed by atoms with Crippen molar-refractivity contribution in [1.82, 2.24) is 14.2 Å². The third-order valence-corrected chi connectivity index (χ3v) is 7.92. The number of carbonyl (C=O) groups is 4. The van der Waals surface area contributed by atoms with Crippen LogP contribution >= 0.6 is 0 Å². The van der Waals surface area contributed by atoms with E-state index in [9.17, 15) is 32.7 Å². The summed E-state index contributed by atoms with van der Waals surface area (Å²) in [4.78, 5) is 56.3. The van der Waals surface area contributed by atoms with Gasteiger partial charge in [-0.3, -0.25) is 24.2 Å². The summed E-state index contributed by atoms with van der Waals surface area (Å²) in [5, 5.41) is 8.29. The molecule has 2 aliphatic heterocycles. The quantitative estimate of drug-likeness (QED) is 0.520. The van der Waals surface area contributed by atoms with Crippen LogP contribution < -0.4 is 5.73 Å². The number of hydrogen-bond acceptors (Lipinski definition) is 8. The SMILES string of the molecule is NC(=O)C12C(=O)CN(S(=O)(=O)C(=O)c3ccccn3)C1CCN2C(=O)CCc1cccc(O)c1. The van der Waals surface area contributed by atoms with Crippen LogP contribution in [0.3, 0.4) is 0 Å². The first-order valence-electron chi connectivity index (χ1n) is 10.5. The first-order valence-corrected chi connectivity index (χ1v) is 11.9. The van der Waals surface area contributed by atoms with Crippen LogP contribution in [0, 0.1) is 0 Å². The minimum atomic E-state index is -4.72. The number of Topliss-reactive ketones (excluding diaryl/α,β-unsaturated/α-hetero) is 1. The maximum Gasteiger partial charge on any atom is 0.310 e. The van der Waals surface area contributed by atoms with Crippen LogP contribution in [-0.2, 0) is 30.8 Å². The lowest BCUT2D eigenvalue weighted by Gasteiger charge is -2.34. The van der Waals surface area contributed by atoms with Crippen molar-refractivity contribution in [2.75, 3.05) is 13.1 Å². The molecule has 2 aromatic rings. The molecule has 178 valence electrons. The molecule has 2 atom stereocenters. The zero-order valence-electron chi connectivity index (χ0n) is 18.0. The molecule has 2 amide bonds. The monoisotopic (exact) mass is 486 g/mol. The van der Waals surface area contributed by atoms with Gasteiger partial charge in [0.25, 0.3) is 15.9 Å². The van der Waals surface area contributed by atoms with Crippen LogP contribution in [0.25, 0.3) is 0 Å². The van der Waals surface area contributed by atoms with Gasteiger partial charge in [-0.25, -0.2) is 8.42 Å². The predicted molar refractivity (Wildman–Crippen MR) is 118 cm³/mol. The molecule has 0 aliphatic carbocycles. The van der Waals surface area contributed by atoms with E-state index in [1.54, 1.807) is 12.1 Å². The highest BCUT2D eigenvalue weighted by atomic mass is 32.2. The summed E-state index contributed by atoms with van der Waals surface area (Å²) in [7, 11) is -4.72. The predicted octanol–water partition coefficient (Wildman–Crippen LogP) is -0.400. The summed E-state index contributed by atoms with van der Waals surface area (Å²) in [6.45, 7) is -0.840. The molecule has 0 radical (unpaired) electrons. The van der Waals surface area contributed by atoms with Crippen LogP contribution in [-0.4, -0.2) is 75.1 Å². The van der Waals surface area contributed by atoms with Crippen molar-refractivity contribution < 1.29 is 32.7 Å². The molecule has 2 unspecified atom stereocenters. The third-order valence-electron chi connectivity index (χ3n) is 6.24. The van der Waals surface area contributed by atoms with Crippen LogP contribution in [0.15, 0.2) is 48.7 Å². The number of carbonyl (C=O) groups excluding carboxylic acids is 4. The lowest BCUT2D eigenvalue weighted by Crippen LogP contribution is -2.64. The highest BCUT2D eigenvalue weighted by Gasteiger charge is 2.68. The van der Waals surface area contributed by atoms with Gasteiger partial charge in [0.2, 0.25) is 5.91 Å². The molecule has 3 heterocycles. The van der Waals surface area contributed by atoms with E-state index in [0.717, 1.165) is 4.90 Å². The normalized spacial score (nSPS) is 22.5. The zero-order valence-corrected chi connectivity index (χ0v) is 18.8. The number of nitrogens with zero attached hydrogens (tertiary/aromatic N) is 3. The van der Waals surface area contributed by atoms with Crippen molar-refractivity contribution in [2.24, 2.45) is 5.73 Å². The Labute approximate surface area is 195 Å². The van der Waals surface area contributed by atoms with Crippen LogP contribution in [0.5, 0.6) is 5.75 Å². The Kier molecular flexibility index (Phi) is 5.96. The second-order valence-corrected chi connectivity index (χ2v) is 9.92. The fraction of sp³-hybridized carbons (Fsp3) is 0.318. The second kappa shape index (κ2) is 8.61. The summed E-state index contributed by atoms with van der Waals surface area (Å²) < 4.78 is 26.9. The second-order valence-electron chi connectivity index (χ2n) is 8.13. The van der Waals surface area contributed by atoms with Gasteiger partial charge in [-0.2, -0.15) is 4.31 Å². The number of phenolic OH excluding ortho intramolecular Hbond substituents is 1. The summed E-state index contributed by atoms with van der Waals surface area (Å²) in [6, 6.07) is 9.19. The summed E-state index contributed by atoms with van der Waals surface area (Å²) in [5.74, 6) is -2.53. The number of pyridine rings is 1. The van der Waals surface area contributed by atoms with Gasteiger partial charge in [0.15, 0.2) is 11.3 Å². The third kappa shape index (κ3) is 3.64. The molecule has 0 bridgehead atoms. The number of aryl methyl sites for hydroxylation is 1. The Bertz CT molecular complexity index is 1280. The number of rotatable bonds is 6. The number of hydrogen-bond donors (Lipinski definition) is 2. The standard InChI is InChI=1S/C22H22N4O7S/c23-21(31)22-17(9-11-25(22)19(29)8-7-14-4-3-5-15(27)12-14)26(13-18(22)28)34(32,33)20(30)16-6-1-2-10-24-16/h1-6,10,12,17,27H,7-9,11,13H2,(H2,23,31). The van der Waals surface area contributed by atoms with E-state index in [4.69, 9.17) is 5.73 Å². The summed E-state index contributed by atoms with van der Waals surface area (Å²) in [6.07, 6.45) is 1.34. The van der Waals surface area contributed by atoms with Crippen molar-refractivity contribution in [3.8, 4) is 5.75 Å². The maximum atomic E-state index is 13.1. The van der Waals surface area contributed by atoms with Crippen molar-refractivity contribution >= 4 is 32.7 Å². The van der Waals surface area contributed by atoms with Crippen molar-refractivity contribution in [3.05, 3.63) is 59.9 Å². The number of likely N-dealkylation sites (tertiary alicyclic amines) is 1. The van der Waals surface area contributed by atoms with Crippen LogP contribution in [0.4, 0.5) is 0 Å². The zero-order chi connectivity index (χ0) is 24.7. The van der Waals surface area contributed by atoms with Crippen molar-refractivity contribution in [1.29, 1.82) is 0 Å². The van der Waals surface area contributed by atoms with Gasteiger partial charge in [-0.1, -0.05) is 18.2 Å². The van der Waals surface area contributed by atoms with E-state index >= 15 is 0 Å². The van der Waals surface area contributed by atoms with Crippen molar-refractivity contribution in [2.45, 2.75) is 30.8 Å². The number of ketones is 1. The van der Waals surface area contributed by atoms with Crippen molar-refractivity contribution in [3.63, 3.8) is 0 Å². The number of fused-ring (bicyclic) bond motifs is 1. The molecule has 3 N–H and O–H groups in total. The van der Waals surface area contributed by atoms with Gasteiger partial charge in [0, 0.05) is 19.2 Å². The van der Waals surface area contributed by atoms with Crippen LogP contribution in [0.2, 0.25) is 0 Å². The van der Waals surface area contributed by atoms with Gasteiger partial charge in [-0.15, -0.1) is 0 Å². The Morgan fingerprint density at radius 3 is 2.59 bits per heavy atom. The molecular weight excluding hydrogens is 464 g/mol. The molecule has 1 aromatic heterocycles. The first-order chi connectivity index (χ1) is 16.1. The molecule has 11 nitrogen and oxygen atoms in total. The Balaban J connectivity index is 1.62. The fourth-order valence-electron chi connectivity index (χ4n) is 4.71. The van der Waals surface area contributed by atoms with E-state index < -0.39 is 50.9 Å². The Morgan fingerprint density at radius 1 is 1.18 bits per heavy atom. The average molecular weight is 487 g/mol. The number of phenols is 1. The molecular formula is C22H22N4O7S. The first kappa shape index (κ1) is 23.5. The smallest absolute Gasteiger partial charge is 0.310 e. The van der Waals surface area contributed by atoms with E-state index in [1.165, 1.54) is 36.5 Å². The molecule has 34 heavy (non-hydrogen) atoms. The number of primary amides is 1. The van der Waals surface area contributed by atoms with E-state index in [0.29, 0.717) is 9.87 Å². The maximum absolute atomic E-state index is 13.1. The minimum absolute atomic E-state index is 0.0317. The van der Waals surface area contributed by atoms with E-state index in [-0.39, 0.29) is 37.3 Å². The molecule has 2 saturated heterocycles. The van der Waals surface area contributed by atoms with Gasteiger partial charge >= 0.3 is 5.12 Å². The number of amides is 2.